The second-order valence-corrected chi connectivity index (χ2v) is 7.06. The Hall–Kier alpha value is -0.830. The molecule has 3 rings (SSSR count). The molecule has 1 aliphatic rings. The molecule has 1 nitrogen and oxygen atoms in total. The van der Waals surface area contributed by atoms with Crippen LogP contribution in [0.5, 0.6) is 0 Å². The van der Waals surface area contributed by atoms with Gasteiger partial charge in [0.1, 0.15) is 0 Å². The van der Waals surface area contributed by atoms with Gasteiger partial charge in [-0.1, -0.05) is 51.8 Å². The van der Waals surface area contributed by atoms with Gasteiger partial charge in [0.25, 0.3) is 0 Å². The van der Waals surface area contributed by atoms with Crippen molar-refractivity contribution < 1.29 is 0 Å². The summed E-state index contributed by atoms with van der Waals surface area (Å²) in [6, 6.07) is 15.0. The Bertz CT molecular complexity index is 641. The van der Waals surface area contributed by atoms with Gasteiger partial charge in [-0.05, 0) is 60.7 Å². The van der Waals surface area contributed by atoms with Gasteiger partial charge in [-0.25, -0.2) is 0 Å². The van der Waals surface area contributed by atoms with Crippen LogP contribution in [0.1, 0.15) is 34.9 Å². The zero-order chi connectivity index (χ0) is 14.8. The van der Waals surface area contributed by atoms with Crippen molar-refractivity contribution in [1.29, 1.82) is 0 Å². The smallest absolute Gasteiger partial charge is 0.0408 e. The van der Waals surface area contributed by atoms with Crippen molar-refractivity contribution in [3.8, 4) is 0 Å². The van der Waals surface area contributed by atoms with Gasteiger partial charge in [0.05, 0.1) is 0 Å². The molecular weight excluding hydrogens is 346 g/mol. The molecule has 0 spiro atoms. The molecule has 0 aromatic heterocycles. The average molecular weight is 365 g/mol. The normalized spacial score (nSPS) is 22.2. The summed E-state index contributed by atoms with van der Waals surface area (Å²) in [6.45, 7) is 4.25. The van der Waals surface area contributed by atoms with Gasteiger partial charge in [-0.3, -0.25) is 0 Å². The number of piperidine rings is 1. The fourth-order valence-electron chi connectivity index (χ4n) is 3.24. The second kappa shape index (κ2) is 6.51. The zero-order valence-corrected chi connectivity index (χ0v) is 14.4. The Kier molecular flexibility index (Phi) is 4.68. The van der Waals surface area contributed by atoms with E-state index in [1.807, 2.05) is 6.07 Å². The highest BCUT2D eigenvalue weighted by Gasteiger charge is 2.28. The first-order chi connectivity index (χ1) is 10.1. The Morgan fingerprint density at radius 1 is 1.10 bits per heavy atom. The fourth-order valence-corrected chi connectivity index (χ4v) is 3.69. The molecule has 0 aliphatic carbocycles. The van der Waals surface area contributed by atoms with Gasteiger partial charge < -0.3 is 5.32 Å². The second-order valence-electron chi connectivity index (χ2n) is 5.77. The quantitative estimate of drug-likeness (QED) is 0.765. The molecule has 0 amide bonds. The predicted octanol–water partition coefficient (Wildman–Crippen LogP) is 5.27. The summed E-state index contributed by atoms with van der Waals surface area (Å²) < 4.78 is 1.18. The first-order valence-corrected chi connectivity index (χ1v) is 8.54. The maximum atomic E-state index is 6.18. The molecule has 1 heterocycles. The number of hydrogen-bond donors (Lipinski definition) is 1. The highest BCUT2D eigenvalue weighted by atomic mass is 79.9. The molecule has 2 unspecified atom stereocenters. The molecule has 1 saturated heterocycles. The number of nitrogens with one attached hydrogen (secondary N) is 1. The van der Waals surface area contributed by atoms with Crippen LogP contribution in [0.4, 0.5) is 0 Å². The van der Waals surface area contributed by atoms with Gasteiger partial charge in [-0.2, -0.15) is 0 Å². The maximum Gasteiger partial charge on any atom is 0.0408 e. The minimum Gasteiger partial charge on any atom is -0.316 e. The van der Waals surface area contributed by atoms with Gasteiger partial charge in [-0.15, -0.1) is 0 Å². The van der Waals surface area contributed by atoms with Gasteiger partial charge in [0, 0.05) is 22.0 Å². The lowest BCUT2D eigenvalue weighted by molar-refractivity contribution is 0.404. The predicted molar refractivity (Wildman–Crippen MR) is 93.3 cm³/mol. The molecule has 3 heteroatoms. The minimum atomic E-state index is 0.484. The van der Waals surface area contributed by atoms with Crippen molar-refractivity contribution in [2.75, 3.05) is 13.1 Å². The van der Waals surface area contributed by atoms with E-state index in [1.54, 1.807) is 0 Å². The average Bonchev–Trinajstić information content (AvgIpc) is 2.50. The molecule has 21 heavy (non-hydrogen) atoms. The van der Waals surface area contributed by atoms with E-state index in [1.165, 1.54) is 21.2 Å². The van der Waals surface area contributed by atoms with Crippen molar-refractivity contribution >= 4 is 27.5 Å². The first kappa shape index (κ1) is 15.1. The van der Waals surface area contributed by atoms with Crippen molar-refractivity contribution in [2.24, 2.45) is 0 Å². The zero-order valence-electron chi connectivity index (χ0n) is 12.1. The van der Waals surface area contributed by atoms with E-state index in [4.69, 9.17) is 11.6 Å². The molecule has 0 saturated carbocycles. The number of halogens is 2. The number of hydrogen-bond acceptors (Lipinski definition) is 1. The molecule has 1 fully saturated rings. The van der Waals surface area contributed by atoms with Crippen LogP contribution in [0.3, 0.4) is 0 Å². The third-order valence-electron chi connectivity index (χ3n) is 4.37. The Morgan fingerprint density at radius 3 is 2.67 bits per heavy atom. The summed E-state index contributed by atoms with van der Waals surface area (Å²) in [7, 11) is 0. The van der Waals surface area contributed by atoms with E-state index in [9.17, 15) is 0 Å². The molecule has 110 valence electrons. The summed E-state index contributed by atoms with van der Waals surface area (Å²) in [6.07, 6.45) is 1.16. The third-order valence-corrected chi connectivity index (χ3v) is 5.49. The summed E-state index contributed by atoms with van der Waals surface area (Å²) in [5.41, 5.74) is 4.07. The molecule has 1 aliphatic heterocycles. The van der Waals surface area contributed by atoms with E-state index in [0.717, 1.165) is 24.5 Å². The fraction of sp³-hybridized carbons (Fsp3) is 0.333. The van der Waals surface area contributed by atoms with Crippen molar-refractivity contribution in [1.82, 2.24) is 5.32 Å². The van der Waals surface area contributed by atoms with Crippen molar-refractivity contribution in [3.05, 3.63) is 68.7 Å². The molecule has 0 bridgehead atoms. The highest BCUT2D eigenvalue weighted by molar-refractivity contribution is 9.10. The van der Waals surface area contributed by atoms with Crippen LogP contribution in [-0.2, 0) is 0 Å². The lowest BCUT2D eigenvalue weighted by atomic mass is 9.77. The molecule has 1 N–H and O–H groups in total. The van der Waals surface area contributed by atoms with E-state index in [0.29, 0.717) is 11.8 Å². The topological polar surface area (TPSA) is 12.0 Å². The lowest BCUT2D eigenvalue weighted by Gasteiger charge is -2.33. The van der Waals surface area contributed by atoms with Gasteiger partial charge in [0.15, 0.2) is 0 Å². The molecule has 2 aromatic rings. The molecule has 2 atom stereocenters. The third kappa shape index (κ3) is 3.33. The number of benzene rings is 2. The van der Waals surface area contributed by atoms with Crippen LogP contribution in [0, 0.1) is 6.92 Å². The van der Waals surface area contributed by atoms with Crippen LogP contribution in [-0.4, -0.2) is 13.1 Å². The Labute approximate surface area is 139 Å². The van der Waals surface area contributed by atoms with Crippen molar-refractivity contribution in [3.63, 3.8) is 0 Å². The SMILES string of the molecule is Cc1cc(C2CCNCC2c2cccc(Cl)c2)ccc1Br. The molecular formula is C18H19BrClN. The van der Waals surface area contributed by atoms with Crippen molar-refractivity contribution in [2.45, 2.75) is 25.2 Å². The number of aryl methyl sites for hydroxylation is 1. The first-order valence-electron chi connectivity index (χ1n) is 7.37. The van der Waals surface area contributed by atoms with Gasteiger partial charge >= 0.3 is 0 Å². The van der Waals surface area contributed by atoms with Crippen LogP contribution in [0.2, 0.25) is 5.02 Å². The highest BCUT2D eigenvalue weighted by Crippen LogP contribution is 2.38. The summed E-state index contributed by atoms with van der Waals surface area (Å²) in [5.74, 6) is 1.04. The van der Waals surface area contributed by atoms with E-state index in [2.05, 4.69) is 64.6 Å². The summed E-state index contributed by atoms with van der Waals surface area (Å²) in [5, 5.41) is 4.35. The lowest BCUT2D eigenvalue weighted by Crippen LogP contribution is -2.34. The van der Waals surface area contributed by atoms with E-state index in [-0.39, 0.29) is 0 Å². The minimum absolute atomic E-state index is 0.484. The summed E-state index contributed by atoms with van der Waals surface area (Å²) >= 11 is 9.77. The number of rotatable bonds is 2. The molecule has 0 radical (unpaired) electrons. The molecule has 2 aromatic carbocycles. The maximum absolute atomic E-state index is 6.18. The van der Waals surface area contributed by atoms with Crippen LogP contribution < -0.4 is 5.32 Å². The Balaban J connectivity index is 1.96. The van der Waals surface area contributed by atoms with Gasteiger partial charge in [0.2, 0.25) is 0 Å². The van der Waals surface area contributed by atoms with E-state index >= 15 is 0 Å². The largest absolute Gasteiger partial charge is 0.316 e. The van der Waals surface area contributed by atoms with Crippen LogP contribution in [0.15, 0.2) is 46.9 Å². The van der Waals surface area contributed by atoms with Crippen LogP contribution in [0.25, 0.3) is 0 Å². The summed E-state index contributed by atoms with van der Waals surface area (Å²) in [4.78, 5) is 0. The Morgan fingerprint density at radius 2 is 1.90 bits per heavy atom. The monoisotopic (exact) mass is 363 g/mol. The van der Waals surface area contributed by atoms with Crippen LogP contribution >= 0.6 is 27.5 Å². The van der Waals surface area contributed by atoms with E-state index < -0.39 is 0 Å². The standard InChI is InChI=1S/C18H19BrClN/c1-12-9-14(5-6-18(12)19)16-7-8-21-11-17(16)13-3-2-4-15(20)10-13/h2-6,9-10,16-17,21H,7-8,11H2,1H3.